The highest BCUT2D eigenvalue weighted by molar-refractivity contribution is 7.09. The summed E-state index contributed by atoms with van der Waals surface area (Å²) >= 11 is 1.78. The number of likely N-dealkylation sites (tertiary alicyclic amines) is 1. The summed E-state index contributed by atoms with van der Waals surface area (Å²) in [6.45, 7) is 2.44. The van der Waals surface area contributed by atoms with Gasteiger partial charge in [0.25, 0.3) is 0 Å². The predicted octanol–water partition coefficient (Wildman–Crippen LogP) is 3.17. The number of amides is 1. The van der Waals surface area contributed by atoms with Crippen LogP contribution in [0.3, 0.4) is 0 Å². The highest BCUT2D eigenvalue weighted by atomic mass is 32.1. The Morgan fingerprint density at radius 1 is 1.38 bits per heavy atom. The summed E-state index contributed by atoms with van der Waals surface area (Å²) in [6.07, 6.45) is 5.27. The van der Waals surface area contributed by atoms with Crippen LogP contribution in [0.15, 0.2) is 17.5 Å². The van der Waals surface area contributed by atoms with Crippen LogP contribution in [0, 0.1) is 5.92 Å². The fraction of sp³-hybridized carbons (Fsp3) is 0.625. The molecule has 0 radical (unpaired) electrons. The van der Waals surface area contributed by atoms with Gasteiger partial charge in [-0.15, -0.1) is 11.3 Å². The van der Waals surface area contributed by atoms with Crippen LogP contribution in [0.25, 0.3) is 0 Å². The Morgan fingerprint density at radius 3 is 2.81 bits per heavy atom. The highest BCUT2D eigenvalue weighted by Crippen LogP contribution is 2.25. The van der Waals surface area contributed by atoms with Gasteiger partial charge in [0.05, 0.1) is 5.92 Å². The molecule has 0 saturated carbocycles. The predicted molar refractivity (Wildman–Crippen MR) is 83.4 cm³/mol. The lowest BCUT2D eigenvalue weighted by atomic mass is 10.0. The molecule has 4 nitrogen and oxygen atoms in total. The van der Waals surface area contributed by atoms with Gasteiger partial charge in [0.2, 0.25) is 5.91 Å². The molecule has 0 aliphatic carbocycles. The molecule has 2 rings (SSSR count). The second kappa shape index (κ2) is 7.59. The van der Waals surface area contributed by atoms with Gasteiger partial charge < -0.3 is 10.0 Å². The number of nitrogens with zero attached hydrogens (tertiary/aromatic N) is 1. The maximum Gasteiger partial charge on any atom is 0.308 e. The molecule has 1 amide bonds. The van der Waals surface area contributed by atoms with Crippen LogP contribution < -0.4 is 0 Å². The molecule has 1 saturated heterocycles. The quantitative estimate of drug-likeness (QED) is 0.787. The van der Waals surface area contributed by atoms with E-state index in [4.69, 9.17) is 5.11 Å². The van der Waals surface area contributed by atoms with Crippen LogP contribution >= 0.6 is 11.3 Å². The standard InChI is InChI=1S/C16H23NO3S/c1-12-14(16(19)20)9-10-17(12)15(18)8-4-2-3-6-13-7-5-11-21-13/h5,7,11-12,14H,2-4,6,8-10H2,1H3,(H,19,20). The first-order valence-corrected chi connectivity index (χ1v) is 8.52. The molecule has 0 spiro atoms. The average molecular weight is 309 g/mol. The monoisotopic (exact) mass is 309 g/mol. The Labute approximate surface area is 129 Å². The van der Waals surface area contributed by atoms with Crippen molar-refractivity contribution in [2.45, 2.75) is 51.5 Å². The zero-order chi connectivity index (χ0) is 15.2. The van der Waals surface area contributed by atoms with Gasteiger partial charge in [0.15, 0.2) is 0 Å². The van der Waals surface area contributed by atoms with Crippen LogP contribution in [0.4, 0.5) is 0 Å². The first kappa shape index (κ1) is 16.0. The minimum Gasteiger partial charge on any atom is -0.481 e. The normalized spacial score (nSPS) is 21.7. The number of aliphatic carboxylic acids is 1. The fourth-order valence-electron chi connectivity index (χ4n) is 2.97. The Balaban J connectivity index is 1.64. The van der Waals surface area contributed by atoms with Crippen molar-refractivity contribution in [1.29, 1.82) is 0 Å². The number of rotatable bonds is 7. The van der Waals surface area contributed by atoms with Gasteiger partial charge in [-0.1, -0.05) is 12.5 Å². The lowest BCUT2D eigenvalue weighted by molar-refractivity contribution is -0.143. The van der Waals surface area contributed by atoms with E-state index in [9.17, 15) is 9.59 Å². The molecule has 1 aliphatic rings. The molecule has 1 aliphatic heterocycles. The molecular weight excluding hydrogens is 286 g/mol. The third-order valence-corrected chi connectivity index (χ3v) is 5.22. The molecule has 1 aromatic rings. The summed E-state index contributed by atoms with van der Waals surface area (Å²) in [7, 11) is 0. The molecular formula is C16H23NO3S. The molecule has 116 valence electrons. The van der Waals surface area contributed by atoms with Gasteiger partial charge in [-0.25, -0.2) is 0 Å². The number of thiophene rings is 1. The largest absolute Gasteiger partial charge is 0.481 e. The molecule has 1 aromatic heterocycles. The van der Waals surface area contributed by atoms with E-state index in [1.807, 2.05) is 6.92 Å². The maximum absolute atomic E-state index is 12.2. The molecule has 2 atom stereocenters. The van der Waals surface area contributed by atoms with Crippen molar-refractivity contribution in [3.63, 3.8) is 0 Å². The second-order valence-corrected chi connectivity index (χ2v) is 6.73. The number of carbonyl (C=O) groups excluding carboxylic acids is 1. The van der Waals surface area contributed by atoms with E-state index < -0.39 is 11.9 Å². The third-order valence-electron chi connectivity index (χ3n) is 4.29. The van der Waals surface area contributed by atoms with E-state index in [-0.39, 0.29) is 11.9 Å². The first-order chi connectivity index (χ1) is 10.1. The van der Waals surface area contributed by atoms with Crippen LogP contribution in [0.2, 0.25) is 0 Å². The second-order valence-electron chi connectivity index (χ2n) is 5.70. The fourth-order valence-corrected chi connectivity index (χ4v) is 3.72. The number of carboxylic acid groups (broad SMARTS) is 1. The lowest BCUT2D eigenvalue weighted by Crippen LogP contribution is -2.37. The average Bonchev–Trinajstić information content (AvgIpc) is 3.07. The highest BCUT2D eigenvalue weighted by Gasteiger charge is 2.37. The number of hydrogen-bond acceptors (Lipinski definition) is 3. The molecule has 21 heavy (non-hydrogen) atoms. The number of unbranched alkanes of at least 4 members (excludes halogenated alkanes) is 2. The number of aryl methyl sites for hydroxylation is 1. The third kappa shape index (κ3) is 4.30. The van der Waals surface area contributed by atoms with Crippen LogP contribution in [-0.4, -0.2) is 34.5 Å². The van der Waals surface area contributed by atoms with Crippen LogP contribution in [0.1, 0.15) is 43.9 Å². The Hall–Kier alpha value is -1.36. The number of hydrogen-bond donors (Lipinski definition) is 1. The molecule has 5 heteroatoms. The first-order valence-electron chi connectivity index (χ1n) is 7.64. The van der Waals surface area contributed by atoms with Gasteiger partial charge in [0.1, 0.15) is 0 Å². The SMILES string of the molecule is CC1C(C(=O)O)CCN1C(=O)CCCCCc1cccs1. The van der Waals surface area contributed by atoms with Gasteiger partial charge in [-0.05, 0) is 44.1 Å². The minimum absolute atomic E-state index is 0.113. The number of carbonyl (C=O) groups is 2. The summed E-state index contributed by atoms with van der Waals surface area (Å²) in [5.41, 5.74) is 0. The molecule has 2 unspecified atom stereocenters. The summed E-state index contributed by atoms with van der Waals surface area (Å²) in [5.74, 6) is -1.07. The van der Waals surface area contributed by atoms with Gasteiger partial charge in [-0.2, -0.15) is 0 Å². The summed E-state index contributed by atoms with van der Waals surface area (Å²) in [4.78, 5) is 26.4. The Bertz CT molecular complexity index is 472. The van der Waals surface area contributed by atoms with E-state index >= 15 is 0 Å². The van der Waals surface area contributed by atoms with Crippen LogP contribution in [0.5, 0.6) is 0 Å². The van der Waals surface area contributed by atoms with Crippen molar-refractivity contribution in [1.82, 2.24) is 4.90 Å². The van der Waals surface area contributed by atoms with Gasteiger partial charge in [-0.3, -0.25) is 9.59 Å². The van der Waals surface area contributed by atoms with Crippen molar-refractivity contribution in [3.05, 3.63) is 22.4 Å². The number of carboxylic acids is 1. The Morgan fingerprint density at radius 2 is 2.19 bits per heavy atom. The van der Waals surface area contributed by atoms with Crippen molar-refractivity contribution in [3.8, 4) is 0 Å². The van der Waals surface area contributed by atoms with Crippen molar-refractivity contribution >= 4 is 23.2 Å². The molecule has 1 N–H and O–H groups in total. The van der Waals surface area contributed by atoms with Crippen molar-refractivity contribution < 1.29 is 14.7 Å². The van der Waals surface area contributed by atoms with E-state index in [1.165, 1.54) is 4.88 Å². The maximum atomic E-state index is 12.2. The molecule has 2 heterocycles. The molecule has 1 fully saturated rings. The van der Waals surface area contributed by atoms with Gasteiger partial charge in [0, 0.05) is 23.9 Å². The Kier molecular flexibility index (Phi) is 5.79. The summed E-state index contributed by atoms with van der Waals surface area (Å²) < 4.78 is 0. The van der Waals surface area contributed by atoms with Gasteiger partial charge >= 0.3 is 5.97 Å². The van der Waals surface area contributed by atoms with E-state index in [1.54, 1.807) is 16.2 Å². The molecule has 0 bridgehead atoms. The smallest absolute Gasteiger partial charge is 0.308 e. The summed E-state index contributed by atoms with van der Waals surface area (Å²) in [6, 6.07) is 4.05. The zero-order valence-corrected chi connectivity index (χ0v) is 13.3. The minimum atomic E-state index is -0.784. The van der Waals surface area contributed by atoms with E-state index in [2.05, 4.69) is 17.5 Å². The zero-order valence-electron chi connectivity index (χ0n) is 12.5. The topological polar surface area (TPSA) is 57.6 Å². The van der Waals surface area contributed by atoms with Crippen molar-refractivity contribution in [2.75, 3.05) is 6.54 Å². The van der Waals surface area contributed by atoms with E-state index in [0.717, 1.165) is 25.7 Å². The van der Waals surface area contributed by atoms with E-state index in [0.29, 0.717) is 19.4 Å². The van der Waals surface area contributed by atoms with Crippen LogP contribution in [-0.2, 0) is 16.0 Å². The van der Waals surface area contributed by atoms with Crippen molar-refractivity contribution in [2.24, 2.45) is 5.92 Å². The summed E-state index contributed by atoms with van der Waals surface area (Å²) in [5, 5.41) is 11.2. The lowest BCUT2D eigenvalue weighted by Gasteiger charge is -2.23. The molecule has 0 aromatic carbocycles.